The van der Waals surface area contributed by atoms with Crippen molar-refractivity contribution >= 4 is 23.5 Å². The Labute approximate surface area is 152 Å². The maximum absolute atomic E-state index is 12.4. The third-order valence-electron chi connectivity index (χ3n) is 4.90. The van der Waals surface area contributed by atoms with E-state index in [0.29, 0.717) is 36.5 Å². The molecular formula is C18H24ClN3O3. The molecule has 2 aliphatic heterocycles. The van der Waals surface area contributed by atoms with Crippen molar-refractivity contribution in [3.8, 4) is 0 Å². The van der Waals surface area contributed by atoms with Crippen LogP contribution in [0.2, 0.25) is 5.02 Å². The molecular weight excluding hydrogens is 342 g/mol. The molecule has 3 amide bonds. The molecule has 2 fully saturated rings. The summed E-state index contributed by atoms with van der Waals surface area (Å²) in [5.41, 5.74) is 0.478. The number of piperidine rings is 1. The highest BCUT2D eigenvalue weighted by Crippen LogP contribution is 2.20. The van der Waals surface area contributed by atoms with Crippen LogP contribution >= 0.6 is 11.6 Å². The number of aliphatic hydroxyl groups is 1. The van der Waals surface area contributed by atoms with Crippen LogP contribution < -0.4 is 5.32 Å². The molecule has 6 nitrogen and oxygen atoms in total. The highest BCUT2D eigenvalue weighted by Gasteiger charge is 2.29. The predicted octanol–water partition coefficient (Wildman–Crippen LogP) is 2.17. The van der Waals surface area contributed by atoms with Crippen LogP contribution in [0.25, 0.3) is 0 Å². The molecule has 0 aromatic heterocycles. The number of carbonyl (C=O) groups excluding carboxylic acids is 2. The summed E-state index contributed by atoms with van der Waals surface area (Å²) in [4.78, 5) is 28.4. The molecule has 136 valence electrons. The van der Waals surface area contributed by atoms with Crippen LogP contribution in [0.4, 0.5) is 4.79 Å². The van der Waals surface area contributed by atoms with Gasteiger partial charge in [-0.1, -0.05) is 23.7 Å². The molecule has 0 spiro atoms. The topological polar surface area (TPSA) is 72.9 Å². The van der Waals surface area contributed by atoms with Gasteiger partial charge in [-0.25, -0.2) is 4.79 Å². The van der Waals surface area contributed by atoms with E-state index < -0.39 is 12.0 Å². The van der Waals surface area contributed by atoms with Crippen molar-refractivity contribution in [1.82, 2.24) is 15.1 Å². The van der Waals surface area contributed by atoms with Crippen LogP contribution in [-0.4, -0.2) is 59.1 Å². The van der Waals surface area contributed by atoms with Crippen molar-refractivity contribution in [2.45, 2.75) is 37.8 Å². The molecule has 1 aromatic rings. The van der Waals surface area contributed by atoms with Crippen molar-refractivity contribution in [1.29, 1.82) is 0 Å². The van der Waals surface area contributed by atoms with Crippen molar-refractivity contribution in [3.63, 3.8) is 0 Å². The van der Waals surface area contributed by atoms with Crippen molar-refractivity contribution in [3.05, 3.63) is 34.9 Å². The molecule has 2 saturated heterocycles. The van der Waals surface area contributed by atoms with Crippen LogP contribution in [-0.2, 0) is 4.79 Å². The van der Waals surface area contributed by atoms with E-state index in [1.165, 1.54) is 0 Å². The van der Waals surface area contributed by atoms with Crippen LogP contribution in [0.5, 0.6) is 0 Å². The van der Waals surface area contributed by atoms with E-state index in [0.717, 1.165) is 25.9 Å². The molecule has 0 saturated carbocycles. The maximum atomic E-state index is 12.4. The van der Waals surface area contributed by atoms with Crippen molar-refractivity contribution in [2.24, 2.45) is 0 Å². The predicted molar refractivity (Wildman–Crippen MR) is 95.4 cm³/mol. The minimum atomic E-state index is -1.23. The molecule has 1 aromatic carbocycles. The molecule has 0 radical (unpaired) electrons. The van der Waals surface area contributed by atoms with Gasteiger partial charge < -0.3 is 20.2 Å². The monoisotopic (exact) mass is 365 g/mol. The fourth-order valence-electron chi connectivity index (χ4n) is 3.43. The highest BCUT2D eigenvalue weighted by molar-refractivity contribution is 6.30. The summed E-state index contributed by atoms with van der Waals surface area (Å²) in [6.07, 6.45) is 2.34. The number of carbonyl (C=O) groups is 2. The second-order valence-corrected chi connectivity index (χ2v) is 7.14. The van der Waals surface area contributed by atoms with Crippen LogP contribution in [0.3, 0.4) is 0 Å². The summed E-state index contributed by atoms with van der Waals surface area (Å²) in [6, 6.07) is 6.75. The molecule has 0 bridgehead atoms. The van der Waals surface area contributed by atoms with Crippen LogP contribution in [0, 0.1) is 0 Å². The fourth-order valence-corrected chi connectivity index (χ4v) is 3.63. The standard InChI is InChI=1S/C18H24ClN3O3/c19-14-5-3-4-13(12-14)16(23)17(24)20-15-6-10-22(11-7-15)18(25)21-8-1-2-9-21/h3-5,12,15-16,23H,1-2,6-11H2,(H,20,24). The van der Waals surface area contributed by atoms with E-state index in [1.54, 1.807) is 24.3 Å². The van der Waals surface area contributed by atoms with Gasteiger partial charge in [-0.15, -0.1) is 0 Å². The molecule has 7 heteroatoms. The van der Waals surface area contributed by atoms with E-state index >= 15 is 0 Å². The molecule has 2 aliphatic rings. The number of hydrogen-bond acceptors (Lipinski definition) is 3. The summed E-state index contributed by atoms with van der Waals surface area (Å²) >= 11 is 5.90. The second-order valence-electron chi connectivity index (χ2n) is 6.70. The van der Waals surface area contributed by atoms with E-state index in [2.05, 4.69) is 5.32 Å². The minimum Gasteiger partial charge on any atom is -0.378 e. The van der Waals surface area contributed by atoms with Gasteiger partial charge in [0.1, 0.15) is 0 Å². The molecule has 3 rings (SSSR count). The SMILES string of the molecule is O=C(NC1CCN(C(=O)N2CCCC2)CC1)C(O)c1cccc(Cl)c1. The molecule has 0 aliphatic carbocycles. The zero-order valence-electron chi connectivity index (χ0n) is 14.2. The number of rotatable bonds is 3. The van der Waals surface area contributed by atoms with E-state index in [4.69, 9.17) is 11.6 Å². The third-order valence-corrected chi connectivity index (χ3v) is 5.14. The lowest BCUT2D eigenvalue weighted by atomic mass is 10.0. The smallest absolute Gasteiger partial charge is 0.319 e. The first-order chi connectivity index (χ1) is 12.0. The largest absolute Gasteiger partial charge is 0.378 e. The van der Waals surface area contributed by atoms with Gasteiger partial charge in [-0.3, -0.25) is 4.79 Å². The number of urea groups is 1. The highest BCUT2D eigenvalue weighted by atomic mass is 35.5. The summed E-state index contributed by atoms with van der Waals surface area (Å²) in [5.74, 6) is -0.424. The molecule has 2 N–H and O–H groups in total. The molecule has 2 heterocycles. The van der Waals surface area contributed by atoms with Gasteiger partial charge in [0.15, 0.2) is 6.10 Å². The fraction of sp³-hybridized carbons (Fsp3) is 0.556. The lowest BCUT2D eigenvalue weighted by Crippen LogP contribution is -2.50. The maximum Gasteiger partial charge on any atom is 0.319 e. The Balaban J connectivity index is 1.48. The third kappa shape index (κ3) is 4.44. The van der Waals surface area contributed by atoms with Gasteiger partial charge in [-0.2, -0.15) is 0 Å². The summed E-state index contributed by atoms with van der Waals surface area (Å²) in [6.45, 7) is 2.96. The Bertz CT molecular complexity index is 626. The average molecular weight is 366 g/mol. The number of amides is 3. The summed E-state index contributed by atoms with van der Waals surface area (Å²) in [5, 5.41) is 13.6. The number of nitrogens with one attached hydrogen (secondary N) is 1. The minimum absolute atomic E-state index is 0.0241. The Morgan fingerprint density at radius 1 is 1.12 bits per heavy atom. The summed E-state index contributed by atoms with van der Waals surface area (Å²) in [7, 11) is 0. The van der Waals surface area contributed by atoms with Crippen molar-refractivity contribution < 1.29 is 14.7 Å². The Hall–Kier alpha value is -1.79. The Morgan fingerprint density at radius 3 is 2.40 bits per heavy atom. The number of likely N-dealkylation sites (tertiary alicyclic amines) is 2. The van der Waals surface area contributed by atoms with E-state index in [9.17, 15) is 14.7 Å². The quantitative estimate of drug-likeness (QED) is 0.862. The second kappa shape index (κ2) is 8.06. The number of aliphatic hydroxyl groups excluding tert-OH is 1. The first-order valence-electron chi connectivity index (χ1n) is 8.82. The van der Waals surface area contributed by atoms with Crippen molar-refractivity contribution in [2.75, 3.05) is 26.2 Å². The van der Waals surface area contributed by atoms with Gasteiger partial charge in [-0.05, 0) is 43.4 Å². The zero-order valence-corrected chi connectivity index (χ0v) is 14.9. The number of benzene rings is 1. The normalized spacial score (nSPS) is 19.8. The average Bonchev–Trinajstić information content (AvgIpc) is 3.15. The zero-order chi connectivity index (χ0) is 17.8. The first kappa shape index (κ1) is 18.0. The van der Waals surface area contributed by atoms with E-state index in [1.807, 2.05) is 9.80 Å². The van der Waals surface area contributed by atoms with Gasteiger partial charge in [0.2, 0.25) is 0 Å². The Kier molecular flexibility index (Phi) is 5.81. The first-order valence-corrected chi connectivity index (χ1v) is 9.20. The van der Waals surface area contributed by atoms with E-state index in [-0.39, 0.29) is 12.1 Å². The number of hydrogen-bond donors (Lipinski definition) is 2. The lowest BCUT2D eigenvalue weighted by Gasteiger charge is -2.35. The molecule has 25 heavy (non-hydrogen) atoms. The Morgan fingerprint density at radius 2 is 1.76 bits per heavy atom. The van der Waals surface area contributed by atoms with Gasteiger partial charge >= 0.3 is 6.03 Å². The molecule has 1 unspecified atom stereocenters. The number of halogens is 1. The van der Waals surface area contributed by atoms with Gasteiger partial charge in [0.05, 0.1) is 0 Å². The van der Waals surface area contributed by atoms with Crippen LogP contribution in [0.1, 0.15) is 37.4 Å². The number of nitrogens with zero attached hydrogens (tertiary/aromatic N) is 2. The summed E-state index contributed by atoms with van der Waals surface area (Å²) < 4.78 is 0. The van der Waals surface area contributed by atoms with Crippen LogP contribution in [0.15, 0.2) is 24.3 Å². The van der Waals surface area contributed by atoms with Gasteiger partial charge in [0, 0.05) is 37.2 Å². The molecule has 1 atom stereocenters. The lowest BCUT2D eigenvalue weighted by molar-refractivity contribution is -0.130. The van der Waals surface area contributed by atoms with Gasteiger partial charge in [0.25, 0.3) is 5.91 Å².